The predicted molar refractivity (Wildman–Crippen MR) is 16.1 cm³/mol. The third-order valence-electron chi connectivity index (χ3n) is 0. The van der Waals surface area contributed by atoms with Gasteiger partial charge in [-0.25, -0.2) is 0 Å². The van der Waals surface area contributed by atoms with Gasteiger partial charge in [-0.05, 0) is 0 Å². The van der Waals surface area contributed by atoms with Crippen molar-refractivity contribution in [1.82, 2.24) is 0 Å². The van der Waals surface area contributed by atoms with Crippen molar-refractivity contribution in [1.29, 1.82) is 0 Å². The molecular weight excluding hydrogens is 128 g/mol. The zero-order valence-corrected chi connectivity index (χ0v) is 7.13. The van der Waals surface area contributed by atoms with Gasteiger partial charge in [-0.3, -0.25) is 0 Å². The van der Waals surface area contributed by atoms with E-state index >= 15 is 0 Å². The van der Waals surface area contributed by atoms with Crippen molar-refractivity contribution in [2.75, 3.05) is 0 Å². The molecule has 3 nitrogen and oxygen atoms in total. The van der Waals surface area contributed by atoms with Crippen LogP contribution in [-0.2, 0) is 1.43 Å². The van der Waals surface area contributed by atoms with Gasteiger partial charge in [0.15, 0.2) is 0 Å². The summed E-state index contributed by atoms with van der Waals surface area (Å²) in [4.78, 5) is 0. The third-order valence-corrected chi connectivity index (χ3v) is 0. The monoisotopic (exact) mass is 130 g/mol. The van der Waals surface area contributed by atoms with Crippen molar-refractivity contribution in [2.24, 2.45) is 0 Å². The second kappa shape index (κ2) is 34.2. The van der Waals surface area contributed by atoms with Gasteiger partial charge in [0.2, 0.25) is 0 Å². The van der Waals surface area contributed by atoms with Gasteiger partial charge in [0.05, 0.1) is 0 Å². The Morgan fingerprint density at radius 1 is 1.00 bits per heavy atom. The van der Waals surface area contributed by atoms with Crippen molar-refractivity contribution < 1.29 is 12.4 Å². The third kappa shape index (κ3) is 22.4. The molecule has 0 aliphatic carbocycles. The van der Waals surface area contributed by atoms with E-state index in [9.17, 15) is 0 Å². The van der Waals surface area contributed by atoms with E-state index < -0.39 is 0 Å². The summed E-state index contributed by atoms with van der Waals surface area (Å²) >= 11 is 0.125. The van der Waals surface area contributed by atoms with Crippen LogP contribution in [0.2, 0.25) is 0 Å². The van der Waals surface area contributed by atoms with Gasteiger partial charge in [0.1, 0.15) is 0 Å². The van der Waals surface area contributed by atoms with Crippen LogP contribution >= 0.6 is 0 Å². The summed E-state index contributed by atoms with van der Waals surface area (Å²) in [5.74, 6) is 0. The molecule has 24 valence electrons. The molecule has 0 spiro atoms. The summed E-state index contributed by atoms with van der Waals surface area (Å²) in [6.45, 7) is 0. The molecule has 0 aliphatic rings. The fourth-order valence-electron chi connectivity index (χ4n) is 0. The van der Waals surface area contributed by atoms with Crippen molar-refractivity contribution in [3.05, 3.63) is 0 Å². The fraction of sp³-hybridized carbons (Fsp3) is 0. The molecule has 0 radical (unpaired) electrons. The Bertz CT molecular complexity index is 4.85. The maximum absolute atomic E-state index is 8.38. The van der Waals surface area contributed by atoms with E-state index in [1.165, 1.54) is 0 Å². The molecule has 0 fully saturated rings. The summed E-state index contributed by atoms with van der Waals surface area (Å²) in [6.07, 6.45) is 0. The maximum atomic E-state index is 8.38. The van der Waals surface area contributed by atoms with Crippen LogP contribution in [0.4, 0.5) is 0 Å². The van der Waals surface area contributed by atoms with Gasteiger partial charge < -0.3 is 11.0 Å². The first-order chi connectivity index (χ1) is 1.00. The van der Waals surface area contributed by atoms with Crippen LogP contribution < -0.4 is 0 Å². The molecular formula is H2Ca2O3. The first kappa shape index (κ1) is 26.9. The Morgan fingerprint density at radius 2 is 1.00 bits per heavy atom. The summed E-state index contributed by atoms with van der Waals surface area (Å²) in [6, 6.07) is 0. The Labute approximate surface area is 84.1 Å². The number of hydrogen-bond donors (Lipinski definition) is 0. The standard InChI is InChI=1S/2Ca.2H2O.O/h;;2*1H2;/q;+2;;;/p-2. The van der Waals surface area contributed by atoms with Crippen LogP contribution in [0, 0.1) is 0 Å². The summed E-state index contributed by atoms with van der Waals surface area (Å²) in [7, 11) is 0. The molecule has 5 heavy (non-hydrogen) atoms. The van der Waals surface area contributed by atoms with Gasteiger partial charge >= 0.3 is 75.1 Å². The number of rotatable bonds is 0. The molecule has 0 saturated heterocycles. The SMILES string of the molecule is [Ca+2].[OH-].[OH-].[O]=[Ca]. The first-order valence-corrected chi connectivity index (χ1v) is 1.19. The van der Waals surface area contributed by atoms with Crippen LogP contribution in [0.15, 0.2) is 0 Å². The summed E-state index contributed by atoms with van der Waals surface area (Å²) in [5, 5.41) is 0. The minimum atomic E-state index is 0. The number of hydrogen-bond acceptors (Lipinski definition) is 3. The van der Waals surface area contributed by atoms with Crippen molar-refractivity contribution >= 4 is 73.6 Å². The Hall–Kier alpha value is 2.24. The molecule has 0 aromatic heterocycles. The summed E-state index contributed by atoms with van der Waals surface area (Å²) in [5.41, 5.74) is 0. The van der Waals surface area contributed by atoms with Gasteiger partial charge in [0.25, 0.3) is 0 Å². The van der Waals surface area contributed by atoms with E-state index in [4.69, 9.17) is 1.43 Å². The summed E-state index contributed by atoms with van der Waals surface area (Å²) < 4.78 is 8.38. The molecule has 0 saturated carbocycles. The second-order valence-electron chi connectivity index (χ2n) is 0. The van der Waals surface area contributed by atoms with Crippen LogP contribution in [-0.4, -0.2) is 84.6 Å². The van der Waals surface area contributed by atoms with Crippen molar-refractivity contribution in [3.8, 4) is 0 Å². The molecule has 2 N–H and O–H groups in total. The van der Waals surface area contributed by atoms with E-state index in [0.717, 1.165) is 0 Å². The quantitative estimate of drug-likeness (QED) is 0.385. The molecule has 0 heterocycles. The van der Waals surface area contributed by atoms with E-state index in [0.29, 0.717) is 0 Å². The Kier molecular flexibility index (Phi) is 183. The molecule has 0 bridgehead atoms. The van der Waals surface area contributed by atoms with E-state index in [1.807, 2.05) is 0 Å². The molecule has 0 rings (SSSR count). The normalized spacial score (nSPS) is 1.20. The average molecular weight is 130 g/mol. The van der Waals surface area contributed by atoms with Crippen LogP contribution in [0.1, 0.15) is 0 Å². The molecule has 0 aromatic carbocycles. The zero-order chi connectivity index (χ0) is 2.00. The Balaban J connectivity index is -0.00000000167. The average Bonchev–Trinajstić information content (AvgIpc) is 1.00. The second-order valence-corrected chi connectivity index (χ2v) is 0. The molecule has 0 aliphatic heterocycles. The van der Waals surface area contributed by atoms with Crippen LogP contribution in [0.25, 0.3) is 0 Å². The first-order valence-electron chi connectivity index (χ1n) is 0.289. The Morgan fingerprint density at radius 3 is 1.00 bits per heavy atom. The molecule has 0 amide bonds. The van der Waals surface area contributed by atoms with E-state index in [2.05, 4.69) is 0 Å². The topological polar surface area (TPSA) is 77.1 Å². The molecule has 5 heteroatoms. The molecule has 0 atom stereocenters. The minimum absolute atomic E-state index is 0. The van der Waals surface area contributed by atoms with Crippen LogP contribution in [0.5, 0.6) is 0 Å². The predicted octanol–water partition coefficient (Wildman–Crippen LogP) is -1.23. The van der Waals surface area contributed by atoms with Gasteiger partial charge in [-0.1, -0.05) is 0 Å². The van der Waals surface area contributed by atoms with Crippen molar-refractivity contribution in [3.63, 3.8) is 0 Å². The van der Waals surface area contributed by atoms with E-state index in [1.54, 1.807) is 0 Å². The molecule has 0 aromatic rings. The van der Waals surface area contributed by atoms with Gasteiger partial charge in [0, 0.05) is 0 Å². The van der Waals surface area contributed by atoms with E-state index in [-0.39, 0.29) is 84.6 Å². The van der Waals surface area contributed by atoms with Crippen LogP contribution in [0.3, 0.4) is 0 Å². The van der Waals surface area contributed by atoms with Gasteiger partial charge in [-0.15, -0.1) is 0 Å². The van der Waals surface area contributed by atoms with Crippen molar-refractivity contribution in [2.45, 2.75) is 0 Å². The van der Waals surface area contributed by atoms with Gasteiger partial charge in [-0.2, -0.15) is 0 Å². The fourth-order valence-corrected chi connectivity index (χ4v) is 0. The molecule has 0 unspecified atom stereocenters. The zero-order valence-electron chi connectivity index (χ0n) is 2.72.